The van der Waals surface area contributed by atoms with Gasteiger partial charge >= 0.3 is 0 Å². The minimum absolute atomic E-state index is 0.874. The molecule has 58 heavy (non-hydrogen) atoms. The first-order valence-electron chi connectivity index (χ1n) is 19.6. The standard InChI is InChI=1S/C54H36N2OS/c1-3-16-41(17-4-1)55(49-24-12-22-47-45-20-7-9-26-51(45)57-53(47)49)43-32-28-37(29-33-43)39-14-11-15-40(36-39)38-30-34-44(35-31-38)56(42-18-5-2-6-19-42)50-25-13-23-48-46-21-8-10-27-52(46)58-54(48)50/h1-36H. The second-order valence-corrected chi connectivity index (χ2v) is 15.6. The molecule has 0 amide bonds. The van der Waals surface area contributed by atoms with E-state index < -0.39 is 0 Å². The van der Waals surface area contributed by atoms with Gasteiger partial charge in [-0.1, -0.05) is 140 Å². The van der Waals surface area contributed by atoms with Crippen molar-refractivity contribution in [3.05, 3.63) is 218 Å². The number of fused-ring (bicyclic) bond motifs is 6. The fourth-order valence-corrected chi connectivity index (χ4v) is 9.52. The van der Waals surface area contributed by atoms with Crippen LogP contribution in [0, 0.1) is 0 Å². The molecule has 3 nitrogen and oxygen atoms in total. The molecule has 11 aromatic rings. The van der Waals surface area contributed by atoms with Crippen LogP contribution in [0.15, 0.2) is 223 Å². The molecular formula is C54H36N2OS. The molecule has 274 valence electrons. The summed E-state index contributed by atoms with van der Waals surface area (Å²) in [7, 11) is 0. The van der Waals surface area contributed by atoms with Gasteiger partial charge in [-0.05, 0) is 101 Å². The lowest BCUT2D eigenvalue weighted by Gasteiger charge is -2.26. The molecule has 0 aliphatic heterocycles. The summed E-state index contributed by atoms with van der Waals surface area (Å²) in [5, 5.41) is 4.82. The van der Waals surface area contributed by atoms with Gasteiger partial charge in [0.25, 0.3) is 0 Å². The van der Waals surface area contributed by atoms with Crippen molar-refractivity contribution in [3.63, 3.8) is 0 Å². The first kappa shape index (κ1) is 33.9. The van der Waals surface area contributed by atoms with Crippen LogP contribution in [0.4, 0.5) is 34.1 Å². The number of hydrogen-bond acceptors (Lipinski definition) is 4. The van der Waals surface area contributed by atoms with Crippen LogP contribution in [0.25, 0.3) is 64.4 Å². The van der Waals surface area contributed by atoms with Crippen LogP contribution in [0.3, 0.4) is 0 Å². The monoisotopic (exact) mass is 760 g/mol. The van der Waals surface area contributed by atoms with Crippen LogP contribution in [0.5, 0.6) is 0 Å². The highest BCUT2D eigenvalue weighted by molar-refractivity contribution is 7.26. The fourth-order valence-electron chi connectivity index (χ4n) is 8.31. The second kappa shape index (κ2) is 14.3. The van der Waals surface area contributed by atoms with Crippen LogP contribution in [-0.2, 0) is 0 Å². The number of benzene rings is 9. The van der Waals surface area contributed by atoms with Gasteiger partial charge in [0.05, 0.1) is 16.1 Å². The van der Waals surface area contributed by atoms with Gasteiger partial charge in [0.15, 0.2) is 5.58 Å². The lowest BCUT2D eigenvalue weighted by Crippen LogP contribution is -2.10. The third-order valence-corrected chi connectivity index (χ3v) is 12.3. The average molecular weight is 761 g/mol. The number of nitrogens with zero attached hydrogens (tertiary/aromatic N) is 2. The number of thiophene rings is 1. The highest BCUT2D eigenvalue weighted by Gasteiger charge is 2.20. The van der Waals surface area contributed by atoms with Crippen LogP contribution in [0.2, 0.25) is 0 Å². The molecule has 0 fully saturated rings. The van der Waals surface area contributed by atoms with E-state index in [0.29, 0.717) is 0 Å². The summed E-state index contributed by atoms with van der Waals surface area (Å²) < 4.78 is 9.09. The number of hydrogen-bond donors (Lipinski definition) is 0. The second-order valence-electron chi connectivity index (χ2n) is 14.5. The van der Waals surface area contributed by atoms with Crippen molar-refractivity contribution in [2.75, 3.05) is 9.80 Å². The van der Waals surface area contributed by atoms with Gasteiger partial charge in [-0.3, -0.25) is 0 Å². The number of para-hydroxylation sites is 4. The lowest BCUT2D eigenvalue weighted by atomic mass is 9.98. The molecule has 0 atom stereocenters. The van der Waals surface area contributed by atoms with Crippen LogP contribution >= 0.6 is 11.3 Å². The molecule has 11 rings (SSSR count). The molecule has 4 heteroatoms. The van der Waals surface area contributed by atoms with Gasteiger partial charge in [0.2, 0.25) is 0 Å². The van der Waals surface area contributed by atoms with Crippen LogP contribution in [0.1, 0.15) is 0 Å². The molecular weight excluding hydrogens is 725 g/mol. The molecule has 9 aromatic carbocycles. The summed E-state index contributed by atoms with van der Waals surface area (Å²) in [6.07, 6.45) is 0. The highest BCUT2D eigenvalue weighted by atomic mass is 32.1. The van der Waals surface area contributed by atoms with Gasteiger partial charge in [-0.25, -0.2) is 0 Å². The predicted octanol–water partition coefficient (Wildman–Crippen LogP) is 16.2. The molecule has 2 heterocycles. The van der Waals surface area contributed by atoms with Crippen molar-refractivity contribution in [3.8, 4) is 22.3 Å². The Morgan fingerprint density at radius 1 is 0.328 bits per heavy atom. The third-order valence-electron chi connectivity index (χ3n) is 11.1. The molecule has 0 unspecified atom stereocenters. The number of anilines is 6. The zero-order chi connectivity index (χ0) is 38.4. The van der Waals surface area contributed by atoms with Crippen molar-refractivity contribution >= 4 is 87.6 Å². The minimum Gasteiger partial charge on any atom is -0.454 e. The number of furan rings is 1. The average Bonchev–Trinajstić information content (AvgIpc) is 3.88. The van der Waals surface area contributed by atoms with E-state index in [1.807, 2.05) is 23.5 Å². The summed E-state index contributed by atoms with van der Waals surface area (Å²) in [5.41, 5.74) is 13.0. The molecule has 0 spiro atoms. The zero-order valence-corrected chi connectivity index (χ0v) is 32.3. The minimum atomic E-state index is 0.874. The van der Waals surface area contributed by atoms with E-state index in [0.717, 1.165) is 55.9 Å². The molecule has 0 aliphatic carbocycles. The first-order valence-corrected chi connectivity index (χ1v) is 20.4. The smallest absolute Gasteiger partial charge is 0.159 e. The summed E-state index contributed by atoms with van der Waals surface area (Å²) in [5.74, 6) is 0. The summed E-state index contributed by atoms with van der Waals surface area (Å²) >= 11 is 1.86. The molecule has 0 N–H and O–H groups in total. The maximum absolute atomic E-state index is 6.51. The Hall–Kier alpha value is -7.40. The van der Waals surface area contributed by atoms with Crippen molar-refractivity contribution in [1.82, 2.24) is 0 Å². The molecule has 0 saturated heterocycles. The topological polar surface area (TPSA) is 19.6 Å². The maximum atomic E-state index is 6.51. The van der Waals surface area contributed by atoms with Gasteiger partial charge < -0.3 is 14.2 Å². The van der Waals surface area contributed by atoms with Crippen LogP contribution < -0.4 is 9.80 Å². The largest absolute Gasteiger partial charge is 0.454 e. The van der Waals surface area contributed by atoms with E-state index in [-0.39, 0.29) is 0 Å². The van der Waals surface area contributed by atoms with Gasteiger partial charge in [0, 0.05) is 49.0 Å². The summed E-state index contributed by atoms with van der Waals surface area (Å²) in [6, 6.07) is 77.9. The number of rotatable bonds is 8. The van der Waals surface area contributed by atoms with E-state index in [9.17, 15) is 0 Å². The van der Waals surface area contributed by atoms with E-state index in [1.165, 1.54) is 42.6 Å². The molecule has 0 saturated carbocycles. The summed E-state index contributed by atoms with van der Waals surface area (Å²) in [6.45, 7) is 0. The SMILES string of the molecule is c1ccc(N(c2ccc(-c3cccc(-c4ccc(N(c5ccccc5)c5cccc6c5sc5ccccc56)cc4)c3)cc2)c2cccc3c2oc2ccccc23)cc1. The Morgan fingerprint density at radius 2 is 0.810 bits per heavy atom. The van der Waals surface area contributed by atoms with Gasteiger partial charge in [0.1, 0.15) is 5.58 Å². The van der Waals surface area contributed by atoms with Crippen molar-refractivity contribution in [2.45, 2.75) is 0 Å². The van der Waals surface area contributed by atoms with E-state index >= 15 is 0 Å². The molecule has 0 bridgehead atoms. The highest BCUT2D eigenvalue weighted by Crippen LogP contribution is 2.46. The molecule has 0 radical (unpaired) electrons. The van der Waals surface area contributed by atoms with Crippen molar-refractivity contribution in [1.29, 1.82) is 0 Å². The van der Waals surface area contributed by atoms with Crippen molar-refractivity contribution in [2.24, 2.45) is 0 Å². The summed E-state index contributed by atoms with van der Waals surface area (Å²) in [4.78, 5) is 4.67. The van der Waals surface area contributed by atoms with Crippen molar-refractivity contribution < 1.29 is 4.42 Å². The first-order chi connectivity index (χ1) is 28.8. The lowest BCUT2D eigenvalue weighted by molar-refractivity contribution is 0.669. The van der Waals surface area contributed by atoms with Gasteiger partial charge in [-0.2, -0.15) is 0 Å². The zero-order valence-electron chi connectivity index (χ0n) is 31.5. The Labute approximate surface area is 340 Å². The molecule has 2 aromatic heterocycles. The normalized spacial score (nSPS) is 11.4. The third kappa shape index (κ3) is 5.90. The van der Waals surface area contributed by atoms with Gasteiger partial charge in [-0.15, -0.1) is 11.3 Å². The Kier molecular flexibility index (Phi) is 8.34. The van der Waals surface area contributed by atoms with Crippen LogP contribution in [-0.4, -0.2) is 0 Å². The quantitative estimate of drug-likeness (QED) is 0.154. The van der Waals surface area contributed by atoms with E-state index in [2.05, 4.69) is 216 Å². The fraction of sp³-hybridized carbons (Fsp3) is 0. The van der Waals surface area contributed by atoms with E-state index in [1.54, 1.807) is 0 Å². The van der Waals surface area contributed by atoms with E-state index in [4.69, 9.17) is 4.42 Å². The maximum Gasteiger partial charge on any atom is 0.159 e. The Bertz CT molecular complexity index is 3010. The Balaban J connectivity index is 0.930. The predicted molar refractivity (Wildman–Crippen MR) is 247 cm³/mol. The molecule has 0 aliphatic rings. The Morgan fingerprint density at radius 3 is 1.47 bits per heavy atom.